The van der Waals surface area contributed by atoms with Crippen molar-refractivity contribution in [3.8, 4) is 0 Å². The van der Waals surface area contributed by atoms with E-state index in [0.29, 0.717) is 6.54 Å². The van der Waals surface area contributed by atoms with Crippen LogP contribution in [-0.2, 0) is 0 Å². The average molecular weight is 380 g/mol. The predicted octanol–water partition coefficient (Wildman–Crippen LogP) is 3.62. The van der Waals surface area contributed by atoms with Gasteiger partial charge in [-0.05, 0) is 51.5 Å². The van der Waals surface area contributed by atoms with E-state index in [1.54, 1.807) is 6.20 Å². The number of benzene rings is 1. The molecule has 1 saturated heterocycles. The van der Waals surface area contributed by atoms with Crippen LogP contribution in [0.5, 0.6) is 0 Å². The van der Waals surface area contributed by atoms with Gasteiger partial charge in [-0.3, -0.25) is 9.80 Å². The van der Waals surface area contributed by atoms with Crippen LogP contribution >= 0.6 is 0 Å². The number of urea groups is 1. The van der Waals surface area contributed by atoms with Gasteiger partial charge in [-0.15, -0.1) is 0 Å². The minimum atomic E-state index is -0.00567. The molecule has 4 rings (SSSR count). The minimum Gasteiger partial charge on any atom is -0.334 e. The van der Waals surface area contributed by atoms with Crippen LogP contribution in [0.2, 0.25) is 0 Å². The van der Waals surface area contributed by atoms with Crippen molar-refractivity contribution >= 4 is 23.2 Å². The molecule has 28 heavy (non-hydrogen) atoms. The number of hydrogen-bond acceptors (Lipinski definition) is 4. The molecule has 3 heterocycles. The number of amides is 2. The van der Waals surface area contributed by atoms with E-state index in [9.17, 15) is 4.79 Å². The molecular weight excluding hydrogens is 350 g/mol. The van der Waals surface area contributed by atoms with Gasteiger partial charge in [0.15, 0.2) is 0 Å². The summed E-state index contributed by atoms with van der Waals surface area (Å²) in [5, 5.41) is 3.26. The first-order valence-electron chi connectivity index (χ1n) is 10.0. The Morgan fingerprint density at radius 3 is 2.46 bits per heavy atom. The first-order chi connectivity index (χ1) is 13.4. The van der Waals surface area contributed by atoms with Gasteiger partial charge in [0, 0.05) is 44.0 Å². The van der Waals surface area contributed by atoms with E-state index in [0.717, 1.165) is 43.2 Å². The molecule has 6 nitrogen and oxygen atoms in total. The van der Waals surface area contributed by atoms with Crippen molar-refractivity contribution in [2.24, 2.45) is 0 Å². The fourth-order valence-electron chi connectivity index (χ4n) is 4.06. The molecule has 0 aliphatic carbocycles. The number of nitrogens with one attached hydrogen (secondary N) is 1. The number of hydrogen-bond donors (Lipinski definition) is 1. The molecule has 2 aromatic rings. The molecule has 1 N–H and O–H groups in total. The largest absolute Gasteiger partial charge is 0.334 e. The van der Waals surface area contributed by atoms with Gasteiger partial charge >= 0.3 is 6.03 Å². The van der Waals surface area contributed by atoms with E-state index in [-0.39, 0.29) is 17.6 Å². The number of pyridine rings is 1. The molecule has 0 saturated carbocycles. The van der Waals surface area contributed by atoms with E-state index in [2.05, 4.69) is 46.9 Å². The van der Waals surface area contributed by atoms with E-state index < -0.39 is 0 Å². The van der Waals surface area contributed by atoms with Crippen LogP contribution in [0.25, 0.3) is 0 Å². The van der Waals surface area contributed by atoms with Gasteiger partial charge in [-0.1, -0.05) is 18.2 Å². The fraction of sp³-hybridized carbons (Fsp3) is 0.455. The van der Waals surface area contributed by atoms with E-state index >= 15 is 0 Å². The zero-order valence-corrected chi connectivity index (χ0v) is 16.9. The molecule has 1 fully saturated rings. The fourth-order valence-corrected chi connectivity index (χ4v) is 4.06. The summed E-state index contributed by atoms with van der Waals surface area (Å²) in [6, 6.07) is 14.2. The highest BCUT2D eigenvalue weighted by Crippen LogP contribution is 2.36. The zero-order valence-electron chi connectivity index (χ0n) is 16.9. The van der Waals surface area contributed by atoms with Crippen molar-refractivity contribution < 1.29 is 4.79 Å². The van der Waals surface area contributed by atoms with Crippen molar-refractivity contribution in [1.82, 2.24) is 15.2 Å². The van der Waals surface area contributed by atoms with Crippen LogP contribution in [0, 0.1) is 0 Å². The maximum absolute atomic E-state index is 13.1. The monoisotopic (exact) mass is 379 g/mol. The van der Waals surface area contributed by atoms with Gasteiger partial charge in [0.2, 0.25) is 0 Å². The number of anilines is 3. The van der Waals surface area contributed by atoms with Gasteiger partial charge in [-0.25, -0.2) is 9.78 Å². The third kappa shape index (κ3) is 3.69. The molecule has 0 radical (unpaired) electrons. The van der Waals surface area contributed by atoms with Gasteiger partial charge in [0.1, 0.15) is 5.82 Å². The van der Waals surface area contributed by atoms with Crippen molar-refractivity contribution in [3.63, 3.8) is 0 Å². The van der Waals surface area contributed by atoms with Crippen molar-refractivity contribution in [2.45, 2.75) is 38.8 Å². The van der Waals surface area contributed by atoms with E-state index in [1.165, 1.54) is 0 Å². The second kappa shape index (κ2) is 7.43. The smallest absolute Gasteiger partial charge is 0.322 e. The summed E-state index contributed by atoms with van der Waals surface area (Å²) in [4.78, 5) is 24.0. The van der Waals surface area contributed by atoms with E-state index in [4.69, 9.17) is 0 Å². The Kier molecular flexibility index (Phi) is 4.98. The third-order valence-electron chi connectivity index (χ3n) is 5.65. The maximum atomic E-state index is 13.1. The zero-order chi connectivity index (χ0) is 19.7. The van der Waals surface area contributed by atoms with Crippen LogP contribution in [0.1, 0.15) is 27.2 Å². The summed E-state index contributed by atoms with van der Waals surface area (Å²) >= 11 is 0. The molecule has 2 amide bonds. The second-order valence-electron chi connectivity index (χ2n) is 8.53. The molecule has 1 aromatic carbocycles. The minimum absolute atomic E-state index is 0.00567. The van der Waals surface area contributed by atoms with Crippen LogP contribution in [0.3, 0.4) is 0 Å². The molecular formula is C22H29N5O. The summed E-state index contributed by atoms with van der Waals surface area (Å²) in [7, 11) is 0. The lowest BCUT2D eigenvalue weighted by molar-refractivity contribution is 0.170. The second-order valence-corrected chi connectivity index (χ2v) is 8.53. The highest BCUT2D eigenvalue weighted by Gasteiger charge is 2.33. The van der Waals surface area contributed by atoms with Gasteiger partial charge in [0.05, 0.1) is 11.4 Å². The van der Waals surface area contributed by atoms with Crippen LogP contribution < -0.4 is 15.1 Å². The first-order valence-corrected chi connectivity index (χ1v) is 10.0. The number of fused-ring (bicyclic) bond motifs is 1. The van der Waals surface area contributed by atoms with E-state index in [1.807, 2.05) is 41.3 Å². The molecule has 6 heteroatoms. The van der Waals surface area contributed by atoms with Gasteiger partial charge < -0.3 is 10.2 Å². The Hall–Kier alpha value is -2.60. The normalized spacial score (nSPS) is 20.2. The summed E-state index contributed by atoms with van der Waals surface area (Å²) in [5.74, 6) is 0.909. The molecule has 1 aromatic heterocycles. The molecule has 0 bridgehead atoms. The Morgan fingerprint density at radius 1 is 1.04 bits per heavy atom. The topological polar surface area (TPSA) is 51.7 Å². The number of rotatable bonds is 2. The summed E-state index contributed by atoms with van der Waals surface area (Å²) < 4.78 is 0. The van der Waals surface area contributed by atoms with Crippen molar-refractivity contribution in [3.05, 3.63) is 48.7 Å². The SMILES string of the molecule is CC(C)(C)N1CCC(NC(=O)N2CCN(c3ccccn3)c3ccccc32)C1. The Labute approximate surface area is 167 Å². The number of carbonyl (C=O) groups is 1. The first kappa shape index (κ1) is 18.7. The number of aromatic nitrogens is 1. The third-order valence-corrected chi connectivity index (χ3v) is 5.65. The average Bonchev–Trinajstić information content (AvgIpc) is 3.17. The van der Waals surface area contributed by atoms with Crippen molar-refractivity contribution in [1.29, 1.82) is 0 Å². The predicted molar refractivity (Wildman–Crippen MR) is 113 cm³/mol. The van der Waals surface area contributed by atoms with Gasteiger partial charge in [0.25, 0.3) is 0 Å². The van der Waals surface area contributed by atoms with Gasteiger partial charge in [-0.2, -0.15) is 0 Å². The summed E-state index contributed by atoms with van der Waals surface area (Å²) in [6.07, 6.45) is 2.80. The molecule has 2 aliphatic rings. The highest BCUT2D eigenvalue weighted by atomic mass is 16.2. The molecule has 2 aliphatic heterocycles. The Morgan fingerprint density at radius 2 is 1.79 bits per heavy atom. The number of likely N-dealkylation sites (tertiary alicyclic amines) is 1. The highest BCUT2D eigenvalue weighted by molar-refractivity contribution is 5.97. The number of para-hydroxylation sites is 2. The van der Waals surface area contributed by atoms with Crippen molar-refractivity contribution in [2.75, 3.05) is 36.0 Å². The number of carbonyl (C=O) groups excluding carboxylic acids is 1. The molecule has 1 unspecified atom stereocenters. The molecule has 1 atom stereocenters. The van der Waals surface area contributed by atoms with Crippen LogP contribution in [-0.4, -0.2) is 53.7 Å². The lowest BCUT2D eigenvalue weighted by Crippen LogP contribution is -2.51. The standard InChI is InChI=1S/C22H29N5O/c1-22(2,3)25-13-11-17(16-25)24-21(28)27-15-14-26(20-10-6-7-12-23-20)18-8-4-5-9-19(18)27/h4-10,12,17H,11,13-16H2,1-3H3,(H,24,28). The summed E-state index contributed by atoms with van der Waals surface area (Å²) in [6.45, 7) is 9.97. The van der Waals surface area contributed by atoms with Crippen LogP contribution in [0.4, 0.5) is 22.0 Å². The molecule has 148 valence electrons. The lowest BCUT2D eigenvalue weighted by Gasteiger charge is -2.37. The molecule has 0 spiro atoms. The van der Waals surface area contributed by atoms with Crippen LogP contribution in [0.15, 0.2) is 48.7 Å². The Balaban J connectivity index is 1.50. The summed E-state index contributed by atoms with van der Waals surface area (Å²) in [5.41, 5.74) is 2.09. The number of nitrogens with zero attached hydrogens (tertiary/aromatic N) is 4. The maximum Gasteiger partial charge on any atom is 0.322 e. The quantitative estimate of drug-likeness (QED) is 0.866. The lowest BCUT2D eigenvalue weighted by atomic mass is 10.1. The Bertz CT molecular complexity index is 832.